The number of benzene rings is 9. The van der Waals surface area contributed by atoms with Gasteiger partial charge in [0.05, 0.1) is 27.5 Å². The maximum atomic E-state index is 2.44. The van der Waals surface area contributed by atoms with E-state index < -0.39 is 5.41 Å². The van der Waals surface area contributed by atoms with E-state index in [-0.39, 0.29) is 0 Å². The van der Waals surface area contributed by atoms with Gasteiger partial charge in [-0.2, -0.15) is 0 Å². The summed E-state index contributed by atoms with van der Waals surface area (Å²) in [6.45, 7) is 0. The lowest BCUT2D eigenvalue weighted by atomic mass is 9.65. The molecular formula is C55H38N2. The molecule has 57 heavy (non-hydrogen) atoms. The highest BCUT2D eigenvalue weighted by Crippen LogP contribution is 2.47. The minimum Gasteiger partial charge on any atom is -0.309 e. The first kappa shape index (κ1) is 33.0. The van der Waals surface area contributed by atoms with Gasteiger partial charge < -0.3 is 9.13 Å². The van der Waals surface area contributed by atoms with Crippen LogP contribution in [-0.2, 0) is 5.41 Å². The Balaban J connectivity index is 1.16. The second-order valence-electron chi connectivity index (χ2n) is 14.9. The summed E-state index contributed by atoms with van der Waals surface area (Å²) in [6, 6.07) is 84.3. The van der Waals surface area contributed by atoms with Gasteiger partial charge in [0.2, 0.25) is 0 Å². The molecule has 268 valence electrons. The predicted octanol–water partition coefficient (Wildman–Crippen LogP) is 13.9. The molecular weight excluding hydrogens is 689 g/mol. The monoisotopic (exact) mass is 726 g/mol. The standard InChI is InChI=1S/C55H38N2/c1-6-18-41(19-7-1)55(42-20-8-2-9-21-42,43-22-10-3-11-23-43)44-32-33-48-50-37-40(31-35-53(50)57(54(48)38-44)46-26-14-5-15-27-46)39-30-34-52-49(36-39)47-28-16-17-29-51(47)56(52)45-24-12-4-13-25-45/h1-38H. The third-order valence-electron chi connectivity index (χ3n) is 11.9. The van der Waals surface area contributed by atoms with Gasteiger partial charge in [-0.1, -0.05) is 170 Å². The number of hydrogen-bond donors (Lipinski definition) is 0. The Morgan fingerprint density at radius 1 is 0.246 bits per heavy atom. The summed E-state index contributed by atoms with van der Waals surface area (Å²) < 4.78 is 4.82. The zero-order valence-corrected chi connectivity index (χ0v) is 31.3. The van der Waals surface area contributed by atoms with Crippen LogP contribution in [0.1, 0.15) is 22.3 Å². The average molecular weight is 727 g/mol. The van der Waals surface area contributed by atoms with Crippen molar-refractivity contribution in [1.82, 2.24) is 9.13 Å². The first-order valence-corrected chi connectivity index (χ1v) is 19.7. The SMILES string of the molecule is c1ccc(-n2c3ccccc3c3cc(-c4ccc5c(c4)c4ccc(C(c6ccccc6)(c6ccccc6)c6ccccc6)cc4n5-c4ccccc4)ccc32)cc1. The molecule has 0 saturated carbocycles. The molecule has 0 aliphatic rings. The van der Waals surface area contributed by atoms with Gasteiger partial charge in [-0.05, 0) is 94.0 Å². The van der Waals surface area contributed by atoms with Crippen molar-refractivity contribution < 1.29 is 0 Å². The number of para-hydroxylation sites is 3. The average Bonchev–Trinajstić information content (AvgIpc) is 3.80. The van der Waals surface area contributed by atoms with Crippen molar-refractivity contribution >= 4 is 43.6 Å². The molecule has 0 N–H and O–H groups in total. The summed E-state index contributed by atoms with van der Waals surface area (Å²) in [5.74, 6) is 0. The predicted molar refractivity (Wildman–Crippen MR) is 239 cm³/mol. The molecule has 0 bridgehead atoms. The lowest BCUT2D eigenvalue weighted by Crippen LogP contribution is -2.31. The van der Waals surface area contributed by atoms with E-state index in [1.54, 1.807) is 0 Å². The van der Waals surface area contributed by atoms with Crippen molar-refractivity contribution in [3.63, 3.8) is 0 Å². The van der Waals surface area contributed by atoms with Crippen LogP contribution in [0.25, 0.3) is 66.1 Å². The Bertz CT molecular complexity index is 3100. The van der Waals surface area contributed by atoms with Crippen LogP contribution in [-0.4, -0.2) is 9.13 Å². The molecule has 2 heteroatoms. The molecule has 0 spiro atoms. The zero-order valence-electron chi connectivity index (χ0n) is 31.3. The lowest BCUT2D eigenvalue weighted by molar-refractivity contribution is 0.746. The molecule has 2 aromatic heterocycles. The first-order valence-electron chi connectivity index (χ1n) is 19.7. The van der Waals surface area contributed by atoms with Crippen LogP contribution >= 0.6 is 0 Å². The molecule has 2 nitrogen and oxygen atoms in total. The highest BCUT2D eigenvalue weighted by molar-refractivity contribution is 6.13. The molecule has 0 atom stereocenters. The Hall–Kier alpha value is -7.42. The summed E-state index contributed by atoms with van der Waals surface area (Å²) >= 11 is 0. The Morgan fingerprint density at radius 3 is 1.12 bits per heavy atom. The highest BCUT2D eigenvalue weighted by Gasteiger charge is 2.38. The maximum absolute atomic E-state index is 2.44. The molecule has 2 heterocycles. The molecule has 0 aliphatic carbocycles. The number of hydrogen-bond acceptors (Lipinski definition) is 0. The molecule has 11 aromatic rings. The van der Waals surface area contributed by atoms with Crippen LogP contribution in [0.5, 0.6) is 0 Å². The van der Waals surface area contributed by atoms with Gasteiger partial charge in [-0.3, -0.25) is 0 Å². The third kappa shape index (κ3) is 5.18. The fourth-order valence-electron chi connectivity index (χ4n) is 9.36. The zero-order chi connectivity index (χ0) is 37.8. The fourth-order valence-corrected chi connectivity index (χ4v) is 9.36. The molecule has 0 amide bonds. The molecule has 0 fully saturated rings. The third-order valence-corrected chi connectivity index (χ3v) is 11.9. The molecule has 0 radical (unpaired) electrons. The summed E-state index contributed by atoms with van der Waals surface area (Å²) in [7, 11) is 0. The van der Waals surface area contributed by atoms with E-state index in [2.05, 4.69) is 240 Å². The van der Waals surface area contributed by atoms with E-state index in [4.69, 9.17) is 0 Å². The van der Waals surface area contributed by atoms with Gasteiger partial charge in [0.15, 0.2) is 0 Å². The van der Waals surface area contributed by atoms with Gasteiger partial charge in [0, 0.05) is 32.9 Å². The van der Waals surface area contributed by atoms with Crippen LogP contribution in [0.4, 0.5) is 0 Å². The summed E-state index contributed by atoms with van der Waals surface area (Å²) in [5, 5.41) is 4.97. The van der Waals surface area contributed by atoms with Gasteiger partial charge in [-0.15, -0.1) is 0 Å². The van der Waals surface area contributed by atoms with Crippen molar-refractivity contribution in [2.45, 2.75) is 5.41 Å². The molecule has 0 unspecified atom stereocenters. The van der Waals surface area contributed by atoms with Crippen LogP contribution in [0.3, 0.4) is 0 Å². The van der Waals surface area contributed by atoms with E-state index in [0.29, 0.717) is 0 Å². The van der Waals surface area contributed by atoms with Crippen LogP contribution in [0.2, 0.25) is 0 Å². The van der Waals surface area contributed by atoms with Crippen molar-refractivity contribution in [3.8, 4) is 22.5 Å². The van der Waals surface area contributed by atoms with Gasteiger partial charge >= 0.3 is 0 Å². The smallest absolute Gasteiger partial charge is 0.0702 e. The first-order chi connectivity index (χ1) is 28.3. The van der Waals surface area contributed by atoms with Crippen LogP contribution in [0.15, 0.2) is 231 Å². The van der Waals surface area contributed by atoms with Crippen molar-refractivity contribution in [1.29, 1.82) is 0 Å². The van der Waals surface area contributed by atoms with Gasteiger partial charge in [0.1, 0.15) is 0 Å². The van der Waals surface area contributed by atoms with E-state index >= 15 is 0 Å². The second-order valence-corrected chi connectivity index (χ2v) is 14.9. The largest absolute Gasteiger partial charge is 0.309 e. The van der Waals surface area contributed by atoms with Gasteiger partial charge in [-0.25, -0.2) is 0 Å². The molecule has 9 aromatic carbocycles. The molecule has 0 saturated heterocycles. The number of nitrogens with zero attached hydrogens (tertiary/aromatic N) is 2. The quantitative estimate of drug-likeness (QED) is 0.145. The Morgan fingerprint density at radius 2 is 0.632 bits per heavy atom. The molecule has 0 aliphatic heterocycles. The summed E-state index contributed by atoms with van der Waals surface area (Å²) in [6.07, 6.45) is 0. The lowest BCUT2D eigenvalue weighted by Gasteiger charge is -2.37. The van der Waals surface area contributed by atoms with Crippen molar-refractivity contribution in [2.75, 3.05) is 0 Å². The number of fused-ring (bicyclic) bond motifs is 6. The number of aromatic nitrogens is 2. The second kappa shape index (κ2) is 13.4. The Labute approximate surface area is 332 Å². The summed E-state index contributed by atoms with van der Waals surface area (Å²) in [5.41, 5.74) is 13.9. The minimum atomic E-state index is -0.546. The van der Waals surface area contributed by atoms with E-state index in [1.165, 1.54) is 82.7 Å². The topological polar surface area (TPSA) is 9.86 Å². The maximum Gasteiger partial charge on any atom is 0.0702 e. The number of rotatable bonds is 7. The fraction of sp³-hybridized carbons (Fsp3) is 0.0182. The van der Waals surface area contributed by atoms with E-state index in [0.717, 1.165) is 5.69 Å². The van der Waals surface area contributed by atoms with E-state index in [1.807, 2.05) is 0 Å². The van der Waals surface area contributed by atoms with Gasteiger partial charge in [0.25, 0.3) is 0 Å². The highest BCUT2D eigenvalue weighted by atomic mass is 15.0. The normalized spacial score (nSPS) is 11.9. The summed E-state index contributed by atoms with van der Waals surface area (Å²) in [4.78, 5) is 0. The molecule has 11 rings (SSSR count). The Kier molecular flexibility index (Phi) is 7.75. The van der Waals surface area contributed by atoms with E-state index in [9.17, 15) is 0 Å². The minimum absolute atomic E-state index is 0.546. The van der Waals surface area contributed by atoms with Crippen LogP contribution < -0.4 is 0 Å². The van der Waals surface area contributed by atoms with Crippen molar-refractivity contribution in [2.24, 2.45) is 0 Å². The van der Waals surface area contributed by atoms with Crippen LogP contribution in [0, 0.1) is 0 Å². The van der Waals surface area contributed by atoms with Crippen molar-refractivity contribution in [3.05, 3.63) is 253 Å².